The molecule has 2 atom stereocenters. The van der Waals surface area contributed by atoms with Crippen molar-refractivity contribution in [1.29, 1.82) is 0 Å². The molecule has 0 aliphatic carbocycles. The highest BCUT2D eigenvalue weighted by Gasteiger charge is 2.59. The number of hydrogen-bond acceptors (Lipinski definition) is 5. The molecule has 8 nitrogen and oxygen atoms in total. The Labute approximate surface area is 67.2 Å². The maximum Gasteiger partial charge on any atom is 0.567 e. The zero-order chi connectivity index (χ0) is 9.12. The molecule has 0 aromatic carbocycles. The van der Waals surface area contributed by atoms with Crippen molar-refractivity contribution in [2.24, 2.45) is 0 Å². The molecule has 0 heterocycles. The van der Waals surface area contributed by atoms with E-state index in [-0.39, 0.29) is 0 Å². The lowest BCUT2D eigenvalue weighted by Crippen LogP contribution is -2.54. The van der Waals surface area contributed by atoms with Gasteiger partial charge in [0.05, 0.1) is 8.57 Å². The average Bonchev–Trinajstić information content (AvgIpc) is 1.86. The monoisotopic (exact) mass is 226 g/mol. The molecule has 66 valence electrons. The van der Waals surface area contributed by atoms with Crippen LogP contribution in [0.25, 0.3) is 0 Å². The van der Waals surface area contributed by atoms with Gasteiger partial charge < -0.3 is 0 Å². The summed E-state index contributed by atoms with van der Waals surface area (Å²) >= 11 is 0. The van der Waals surface area contributed by atoms with Crippen molar-refractivity contribution in [3.05, 3.63) is 0 Å². The van der Waals surface area contributed by atoms with Crippen molar-refractivity contribution in [3.63, 3.8) is 0 Å². The first-order valence-corrected chi connectivity index (χ1v) is 6.58. The fourth-order valence-corrected chi connectivity index (χ4v) is 3.82. The van der Waals surface area contributed by atoms with Gasteiger partial charge >= 0.3 is 28.9 Å². The van der Waals surface area contributed by atoms with Crippen LogP contribution in [0.1, 0.15) is 0 Å². The summed E-state index contributed by atoms with van der Waals surface area (Å²) in [5.41, 5.74) is 0. The highest BCUT2D eigenvalue weighted by Crippen LogP contribution is 2.30. The Hall–Kier alpha value is 0.410. The lowest BCUT2D eigenvalue weighted by Gasteiger charge is -1.84. The molecule has 0 fully saturated rings. The van der Waals surface area contributed by atoms with Gasteiger partial charge in [0.2, 0.25) is 0 Å². The summed E-state index contributed by atoms with van der Waals surface area (Å²) in [5.74, 6) is 5.05. The Kier molecular flexibility index (Phi) is 4.03. The van der Waals surface area contributed by atoms with Gasteiger partial charge in [0.1, 0.15) is 9.11 Å². The Bertz CT molecular complexity index is 190. The molecule has 0 spiro atoms. The molecule has 0 amide bonds. The fraction of sp³-hybridized carbons (Fsp3) is 0. The molecule has 0 bridgehead atoms. The van der Waals surface area contributed by atoms with Gasteiger partial charge in [0.25, 0.3) is 0 Å². The van der Waals surface area contributed by atoms with Crippen LogP contribution in [0, 0.1) is 0 Å². The van der Waals surface area contributed by atoms with E-state index in [1.807, 2.05) is 0 Å². The van der Waals surface area contributed by atoms with Crippen LogP contribution in [0.3, 0.4) is 0 Å². The minimum absolute atomic E-state index is 0.521. The lowest BCUT2D eigenvalue weighted by molar-refractivity contribution is -0.637. The van der Waals surface area contributed by atoms with E-state index in [1.54, 1.807) is 0 Å². The van der Waals surface area contributed by atoms with Crippen LogP contribution < -0.4 is 11.8 Å². The van der Waals surface area contributed by atoms with Gasteiger partial charge in [-0.2, -0.15) is 11.8 Å². The highest BCUT2D eigenvalue weighted by molar-refractivity contribution is 9.05. The second kappa shape index (κ2) is 3.88. The van der Waals surface area contributed by atoms with Gasteiger partial charge in [-0.1, -0.05) is 0 Å². The summed E-state index contributed by atoms with van der Waals surface area (Å²) in [6.45, 7) is 0. The van der Waals surface area contributed by atoms with Crippen LogP contribution in [0.5, 0.6) is 0 Å². The van der Waals surface area contributed by atoms with E-state index in [0.29, 0.717) is 0 Å². The zero-order valence-electron chi connectivity index (χ0n) is 5.09. The van der Waals surface area contributed by atoms with Gasteiger partial charge in [0, 0.05) is 0 Å². The number of rotatable bonds is 4. The minimum atomic E-state index is -4.24. The molecule has 0 aliphatic rings. The maximum atomic E-state index is 10.4. The standard InChI is InChI=1S/H6N2O6S3/c1-7-10(3,4)9-11(5,6)8-2/h1-2H3/q+4. The summed E-state index contributed by atoms with van der Waals surface area (Å²) in [6.07, 6.45) is 0. The topological polar surface area (TPSA) is 148 Å². The van der Waals surface area contributed by atoms with E-state index in [1.165, 1.54) is 0 Å². The predicted molar refractivity (Wildman–Crippen MR) is 33.0 cm³/mol. The first-order valence-electron chi connectivity index (χ1n) is 1.91. The summed E-state index contributed by atoms with van der Waals surface area (Å²) in [7, 11) is -8.99. The van der Waals surface area contributed by atoms with Crippen molar-refractivity contribution < 1.29 is 37.9 Å². The summed E-state index contributed by atoms with van der Waals surface area (Å²) in [5, 5.41) is 0. The van der Waals surface area contributed by atoms with Crippen LogP contribution in [0.2, 0.25) is 0 Å². The molecule has 0 aliphatic heterocycles. The Morgan fingerprint density at radius 2 is 1.27 bits per heavy atom. The molecule has 0 aromatic rings. The molecule has 0 saturated carbocycles. The van der Waals surface area contributed by atoms with Crippen molar-refractivity contribution >= 4 is 28.9 Å². The van der Waals surface area contributed by atoms with E-state index < -0.39 is 28.9 Å². The molecule has 11 heavy (non-hydrogen) atoms. The SMILES string of the molecule is [NH3+]O[S+]([O])(=O)S[S+]([O])(=O)O[NH3+]. The number of hydrogen-bond donors (Lipinski definition) is 2. The molecule has 0 aromatic heterocycles. The summed E-state index contributed by atoms with van der Waals surface area (Å²) in [4.78, 5) is 0. The smallest absolute Gasteiger partial charge is 0.157 e. The summed E-state index contributed by atoms with van der Waals surface area (Å²) < 4.78 is 48.6. The third-order valence-corrected chi connectivity index (χ3v) is 5.94. The number of quaternary nitrogens is 2. The predicted octanol–water partition coefficient (Wildman–Crippen LogP) is -2.58. The van der Waals surface area contributed by atoms with Gasteiger partial charge in [-0.25, -0.2) is 0 Å². The Morgan fingerprint density at radius 3 is 1.45 bits per heavy atom. The van der Waals surface area contributed by atoms with Gasteiger partial charge in [-0.15, -0.1) is 0 Å². The van der Waals surface area contributed by atoms with Crippen molar-refractivity contribution in [2.75, 3.05) is 0 Å². The Balaban J connectivity index is 4.26. The van der Waals surface area contributed by atoms with Crippen LogP contribution in [0.15, 0.2) is 0 Å². The van der Waals surface area contributed by atoms with Crippen molar-refractivity contribution in [2.45, 2.75) is 0 Å². The summed E-state index contributed by atoms with van der Waals surface area (Å²) in [6, 6.07) is 0. The maximum absolute atomic E-state index is 10.4. The third-order valence-electron chi connectivity index (χ3n) is 0.455. The third kappa shape index (κ3) is 4.78. The first-order chi connectivity index (χ1) is 4.83. The van der Waals surface area contributed by atoms with E-state index in [4.69, 9.17) is 0 Å². The Morgan fingerprint density at radius 1 is 1.00 bits per heavy atom. The molecule has 2 radical (unpaired) electrons. The van der Waals surface area contributed by atoms with Crippen LogP contribution in [-0.4, -0.2) is 0 Å². The van der Waals surface area contributed by atoms with E-state index >= 15 is 0 Å². The normalized spacial score (nSPS) is 22.2. The second-order valence-electron chi connectivity index (χ2n) is 1.12. The lowest BCUT2D eigenvalue weighted by atomic mass is 13.6. The molecule has 0 rings (SSSR count). The minimum Gasteiger partial charge on any atom is -0.157 e. The van der Waals surface area contributed by atoms with Gasteiger partial charge in [-0.05, 0) is 8.42 Å². The highest BCUT2D eigenvalue weighted by atomic mass is 33.6. The largest absolute Gasteiger partial charge is 0.567 e. The van der Waals surface area contributed by atoms with Crippen molar-refractivity contribution in [1.82, 2.24) is 0 Å². The molecule has 0 saturated heterocycles. The van der Waals surface area contributed by atoms with Gasteiger partial charge in [0.15, 0.2) is 0 Å². The van der Waals surface area contributed by atoms with Gasteiger partial charge in [-0.3, -0.25) is 0 Å². The van der Waals surface area contributed by atoms with Crippen LogP contribution in [-0.2, 0) is 45.1 Å². The van der Waals surface area contributed by atoms with E-state index in [2.05, 4.69) is 20.4 Å². The average molecular weight is 226 g/mol. The van der Waals surface area contributed by atoms with E-state index in [9.17, 15) is 17.5 Å². The van der Waals surface area contributed by atoms with Crippen LogP contribution in [0.4, 0.5) is 0 Å². The fourth-order valence-electron chi connectivity index (χ4n) is 0.141. The molecule has 11 heteroatoms. The van der Waals surface area contributed by atoms with Crippen LogP contribution >= 0.6 is 9.83 Å². The molecule has 2 unspecified atom stereocenters. The van der Waals surface area contributed by atoms with Crippen molar-refractivity contribution in [3.8, 4) is 0 Å². The quantitative estimate of drug-likeness (QED) is 0.307. The molecule has 6 N–H and O–H groups in total. The second-order valence-corrected chi connectivity index (χ2v) is 7.44. The molecular formula is H6N2O6S3+4. The zero-order valence-corrected chi connectivity index (χ0v) is 7.54. The van der Waals surface area contributed by atoms with E-state index in [0.717, 1.165) is 0 Å². The molecular weight excluding hydrogens is 220 g/mol. The first kappa shape index (κ1) is 11.4.